The Morgan fingerprint density at radius 2 is 0.891 bits per heavy atom. The summed E-state index contributed by atoms with van der Waals surface area (Å²) in [5, 5.41) is 2.29. The summed E-state index contributed by atoms with van der Waals surface area (Å²) in [6.07, 6.45) is 2.36. The smallest absolute Gasteiger partial charge is 0.143 e. The molecule has 0 atom stereocenters. The quantitative estimate of drug-likeness (QED) is 0.164. The first-order valence-electron chi connectivity index (χ1n) is 19.0. The fraction of sp³-hybridized carbons (Fsp3) is 0.0566. The molecule has 0 saturated heterocycles. The highest BCUT2D eigenvalue weighted by atomic mass is 16.3. The van der Waals surface area contributed by atoms with Gasteiger partial charge < -0.3 is 9.32 Å². The number of para-hydroxylation sites is 2. The third-order valence-corrected chi connectivity index (χ3v) is 11.3. The van der Waals surface area contributed by atoms with E-state index in [0.29, 0.717) is 0 Å². The molecule has 1 aliphatic carbocycles. The first-order valence-corrected chi connectivity index (χ1v) is 19.0. The number of nitrogens with zero attached hydrogens (tertiary/aromatic N) is 1. The molecule has 0 aliphatic heterocycles. The molecule has 0 amide bonds. The van der Waals surface area contributed by atoms with Crippen LogP contribution < -0.4 is 4.90 Å². The Balaban J connectivity index is 0.977. The topological polar surface area (TPSA) is 16.4 Å². The van der Waals surface area contributed by atoms with Crippen LogP contribution in [-0.4, -0.2) is 0 Å². The largest absolute Gasteiger partial charge is 0.455 e. The second kappa shape index (κ2) is 13.2. The maximum absolute atomic E-state index is 6.34. The number of benzene rings is 8. The Hall–Kier alpha value is -6.90. The minimum atomic E-state index is -0.0557. The first kappa shape index (κ1) is 32.7. The summed E-state index contributed by atoms with van der Waals surface area (Å²) in [6, 6.07) is 69.7. The molecular formula is C53H39NO. The zero-order valence-electron chi connectivity index (χ0n) is 30.9. The molecule has 1 aliphatic rings. The van der Waals surface area contributed by atoms with Gasteiger partial charge in [0, 0.05) is 38.8 Å². The highest BCUT2D eigenvalue weighted by Crippen LogP contribution is 2.47. The summed E-state index contributed by atoms with van der Waals surface area (Å²) >= 11 is 0. The minimum Gasteiger partial charge on any atom is -0.455 e. The number of hydrogen-bond acceptors (Lipinski definition) is 2. The molecule has 0 saturated carbocycles. The predicted octanol–water partition coefficient (Wildman–Crippen LogP) is 14.9. The molecule has 9 aromatic rings. The molecule has 0 bridgehead atoms. The van der Waals surface area contributed by atoms with Crippen molar-refractivity contribution in [3.8, 4) is 33.4 Å². The van der Waals surface area contributed by atoms with Gasteiger partial charge in [-0.25, -0.2) is 0 Å². The molecule has 0 spiro atoms. The fourth-order valence-electron chi connectivity index (χ4n) is 8.41. The van der Waals surface area contributed by atoms with Crippen LogP contribution in [0.3, 0.4) is 0 Å². The number of furan rings is 1. The lowest BCUT2D eigenvalue weighted by Gasteiger charge is -2.28. The number of hydrogen-bond donors (Lipinski definition) is 0. The molecule has 1 aromatic heterocycles. The van der Waals surface area contributed by atoms with Crippen LogP contribution in [0.2, 0.25) is 0 Å². The van der Waals surface area contributed by atoms with E-state index >= 15 is 0 Å². The van der Waals surface area contributed by atoms with Crippen molar-refractivity contribution in [3.63, 3.8) is 0 Å². The molecule has 0 radical (unpaired) electrons. The normalized spacial score (nSPS) is 13.2. The zero-order valence-corrected chi connectivity index (χ0v) is 30.9. The van der Waals surface area contributed by atoms with Crippen molar-refractivity contribution < 1.29 is 4.42 Å². The zero-order chi connectivity index (χ0) is 36.9. The van der Waals surface area contributed by atoms with Gasteiger partial charge in [0.25, 0.3) is 0 Å². The Kier molecular flexibility index (Phi) is 7.85. The van der Waals surface area contributed by atoms with Crippen molar-refractivity contribution in [3.05, 3.63) is 211 Å². The van der Waals surface area contributed by atoms with Gasteiger partial charge in [0.1, 0.15) is 11.2 Å². The monoisotopic (exact) mass is 705 g/mol. The SMILES string of the molecule is CC1(C)C(c2ccc(N(c3ccc(-c4ccccc4)cc3)c3ccc(-c4ccc(-c5cccc6c5oc5ccccc56)cc4)cc3)cc2)=Cc2ccccc21. The van der Waals surface area contributed by atoms with E-state index < -0.39 is 0 Å². The van der Waals surface area contributed by atoms with Gasteiger partial charge in [-0.3, -0.25) is 0 Å². The van der Waals surface area contributed by atoms with Gasteiger partial charge in [-0.15, -0.1) is 0 Å². The van der Waals surface area contributed by atoms with Crippen molar-refractivity contribution in [2.24, 2.45) is 0 Å². The van der Waals surface area contributed by atoms with Crippen LogP contribution in [0.25, 0.3) is 67.0 Å². The highest BCUT2D eigenvalue weighted by molar-refractivity contribution is 6.09. The Morgan fingerprint density at radius 3 is 1.53 bits per heavy atom. The molecule has 1 heterocycles. The fourth-order valence-corrected chi connectivity index (χ4v) is 8.41. The van der Waals surface area contributed by atoms with Gasteiger partial charge in [0.15, 0.2) is 0 Å². The maximum Gasteiger partial charge on any atom is 0.143 e. The van der Waals surface area contributed by atoms with Gasteiger partial charge in [0.05, 0.1) is 0 Å². The lowest BCUT2D eigenvalue weighted by molar-refractivity contribution is 0.670. The molecule has 55 heavy (non-hydrogen) atoms. The van der Waals surface area contributed by atoms with E-state index in [9.17, 15) is 0 Å². The van der Waals surface area contributed by atoms with E-state index in [1.165, 1.54) is 44.5 Å². The highest BCUT2D eigenvalue weighted by Gasteiger charge is 2.33. The Labute approximate surface area is 322 Å². The van der Waals surface area contributed by atoms with Crippen LogP contribution in [0.15, 0.2) is 199 Å². The number of anilines is 3. The molecule has 0 fully saturated rings. The maximum atomic E-state index is 6.34. The van der Waals surface area contributed by atoms with E-state index in [4.69, 9.17) is 4.42 Å². The van der Waals surface area contributed by atoms with Crippen molar-refractivity contribution in [1.29, 1.82) is 0 Å². The van der Waals surface area contributed by atoms with Crippen LogP contribution in [-0.2, 0) is 5.41 Å². The second-order valence-electron chi connectivity index (χ2n) is 15.0. The summed E-state index contributed by atoms with van der Waals surface area (Å²) in [5.41, 5.74) is 17.4. The van der Waals surface area contributed by atoms with Gasteiger partial charge >= 0.3 is 0 Å². The van der Waals surface area contributed by atoms with Gasteiger partial charge in [-0.2, -0.15) is 0 Å². The van der Waals surface area contributed by atoms with Crippen LogP contribution in [0.5, 0.6) is 0 Å². The number of fused-ring (bicyclic) bond motifs is 4. The second-order valence-corrected chi connectivity index (χ2v) is 15.0. The van der Waals surface area contributed by atoms with E-state index in [2.05, 4.69) is 207 Å². The standard InChI is InChI=1S/C53H39NO/c1-53(2)49-17-8-6-13-42(49)35-50(53)41-27-33-45(34-28-41)54(43-29-23-38(24-30-43)36-11-4-3-5-12-36)44-31-25-39(26-32-44)37-19-21-40(22-20-37)46-15-10-16-48-47-14-7-9-18-51(47)55-52(46)48/h3-35H,1-2H3. The van der Waals surface area contributed by atoms with Gasteiger partial charge in [-0.05, 0) is 98.6 Å². The number of rotatable bonds is 7. The summed E-state index contributed by atoms with van der Waals surface area (Å²) in [5.74, 6) is 0. The minimum absolute atomic E-state index is 0.0557. The number of allylic oxidation sites excluding steroid dienone is 1. The summed E-state index contributed by atoms with van der Waals surface area (Å²) in [4.78, 5) is 2.35. The van der Waals surface area contributed by atoms with Crippen molar-refractivity contribution in [2.75, 3.05) is 4.90 Å². The summed E-state index contributed by atoms with van der Waals surface area (Å²) < 4.78 is 6.34. The van der Waals surface area contributed by atoms with E-state index in [-0.39, 0.29) is 5.41 Å². The molecule has 2 heteroatoms. The molecule has 8 aromatic carbocycles. The average molecular weight is 706 g/mol. The summed E-state index contributed by atoms with van der Waals surface area (Å²) in [7, 11) is 0. The molecule has 0 unspecified atom stereocenters. The van der Waals surface area contributed by atoms with E-state index in [0.717, 1.165) is 50.1 Å². The molecule has 262 valence electrons. The Morgan fingerprint density at radius 1 is 0.400 bits per heavy atom. The first-order chi connectivity index (χ1) is 27.0. The van der Waals surface area contributed by atoms with Crippen molar-refractivity contribution in [1.82, 2.24) is 0 Å². The van der Waals surface area contributed by atoms with Gasteiger partial charge in [-0.1, -0.05) is 166 Å². The third-order valence-electron chi connectivity index (χ3n) is 11.3. The lowest BCUT2D eigenvalue weighted by atomic mass is 9.78. The average Bonchev–Trinajstić information content (AvgIpc) is 3.76. The summed E-state index contributed by atoms with van der Waals surface area (Å²) in [6.45, 7) is 4.66. The van der Waals surface area contributed by atoms with E-state index in [1.54, 1.807) is 0 Å². The van der Waals surface area contributed by atoms with Crippen LogP contribution in [0, 0.1) is 0 Å². The van der Waals surface area contributed by atoms with Crippen molar-refractivity contribution in [2.45, 2.75) is 19.3 Å². The Bertz CT molecular complexity index is 2840. The van der Waals surface area contributed by atoms with E-state index in [1.807, 2.05) is 12.1 Å². The van der Waals surface area contributed by atoms with Crippen LogP contribution >= 0.6 is 0 Å². The molecule has 2 nitrogen and oxygen atoms in total. The lowest BCUT2D eigenvalue weighted by Crippen LogP contribution is -2.16. The third kappa shape index (κ3) is 5.75. The molecular weight excluding hydrogens is 667 g/mol. The van der Waals surface area contributed by atoms with Gasteiger partial charge in [0.2, 0.25) is 0 Å². The van der Waals surface area contributed by atoms with Crippen LogP contribution in [0.4, 0.5) is 17.1 Å². The molecule has 0 N–H and O–H groups in total. The van der Waals surface area contributed by atoms with Crippen LogP contribution in [0.1, 0.15) is 30.5 Å². The molecule has 10 rings (SSSR count). The van der Waals surface area contributed by atoms with Crippen molar-refractivity contribution >= 4 is 50.6 Å². The predicted molar refractivity (Wildman–Crippen MR) is 232 cm³/mol.